The van der Waals surface area contributed by atoms with Gasteiger partial charge in [-0.3, -0.25) is 9.69 Å². The first-order chi connectivity index (χ1) is 14.1. The molecule has 1 amide bonds. The highest BCUT2D eigenvalue weighted by atomic mass is 32.1. The van der Waals surface area contributed by atoms with Gasteiger partial charge in [-0.2, -0.15) is 0 Å². The number of nitrogens with zero attached hydrogens (tertiary/aromatic N) is 4. The van der Waals surface area contributed by atoms with Gasteiger partial charge in [-0.05, 0) is 36.8 Å². The van der Waals surface area contributed by atoms with Crippen molar-refractivity contribution in [3.8, 4) is 5.75 Å². The molecule has 0 aliphatic carbocycles. The van der Waals surface area contributed by atoms with E-state index in [1.54, 1.807) is 18.4 Å². The van der Waals surface area contributed by atoms with E-state index >= 15 is 0 Å². The van der Waals surface area contributed by atoms with Crippen LogP contribution in [0.2, 0.25) is 0 Å². The van der Waals surface area contributed by atoms with Gasteiger partial charge < -0.3 is 14.2 Å². The van der Waals surface area contributed by atoms with E-state index in [0.717, 1.165) is 42.3 Å². The molecule has 4 heterocycles. The molecule has 0 N–H and O–H groups in total. The fourth-order valence-electron chi connectivity index (χ4n) is 4.52. The van der Waals surface area contributed by atoms with Gasteiger partial charge in [0.1, 0.15) is 11.4 Å². The number of carbonyl (C=O) groups excluding carboxylic acids is 1. The molecule has 2 aliphatic heterocycles. The van der Waals surface area contributed by atoms with Gasteiger partial charge in [-0.25, -0.2) is 4.98 Å². The van der Waals surface area contributed by atoms with Crippen molar-refractivity contribution >= 4 is 17.2 Å². The second-order valence-corrected chi connectivity index (χ2v) is 8.71. The average Bonchev–Trinajstić information content (AvgIpc) is 3.46. The van der Waals surface area contributed by atoms with E-state index < -0.39 is 0 Å². The van der Waals surface area contributed by atoms with Crippen molar-refractivity contribution in [2.24, 2.45) is 0 Å². The Balaban J connectivity index is 1.42. The molecule has 2 aromatic heterocycles. The van der Waals surface area contributed by atoms with Crippen LogP contribution >= 0.6 is 11.3 Å². The van der Waals surface area contributed by atoms with Gasteiger partial charge >= 0.3 is 0 Å². The Kier molecular flexibility index (Phi) is 4.64. The zero-order valence-electron chi connectivity index (χ0n) is 16.6. The molecule has 6 nitrogen and oxygen atoms in total. The quantitative estimate of drug-likeness (QED) is 0.650. The molecular weight excluding hydrogens is 384 g/mol. The molecule has 0 unspecified atom stereocenters. The average molecular weight is 409 g/mol. The van der Waals surface area contributed by atoms with Crippen LogP contribution in [0, 0.1) is 6.92 Å². The lowest BCUT2D eigenvalue weighted by Crippen LogP contribution is -2.49. The number of fused-ring (bicyclic) bond motifs is 3. The summed E-state index contributed by atoms with van der Waals surface area (Å²) in [6.07, 6.45) is 2.05. The number of rotatable bonds is 5. The summed E-state index contributed by atoms with van der Waals surface area (Å²) >= 11 is 1.71. The number of benzene rings is 1. The monoisotopic (exact) mass is 408 g/mol. The second-order valence-electron chi connectivity index (χ2n) is 7.77. The topological polar surface area (TPSA) is 50.6 Å². The van der Waals surface area contributed by atoms with Gasteiger partial charge in [0.2, 0.25) is 0 Å². The normalized spacial score (nSPS) is 21.3. The van der Waals surface area contributed by atoms with E-state index in [1.807, 2.05) is 41.9 Å². The summed E-state index contributed by atoms with van der Waals surface area (Å²) in [6.45, 7) is 5.39. The highest BCUT2D eigenvalue weighted by Gasteiger charge is 2.44. The minimum Gasteiger partial charge on any atom is -0.497 e. The molecule has 3 aromatic rings. The molecule has 0 spiro atoms. The number of carbonyl (C=O) groups is 1. The fraction of sp³-hybridized carbons (Fsp3) is 0.364. The third-order valence-corrected chi connectivity index (χ3v) is 7.00. The summed E-state index contributed by atoms with van der Waals surface area (Å²) < 4.78 is 7.44. The number of likely N-dealkylation sites (tertiary alicyclic amines) is 1. The van der Waals surface area contributed by atoms with Crippen molar-refractivity contribution < 1.29 is 9.53 Å². The largest absolute Gasteiger partial charge is 0.497 e. The fourth-order valence-corrected chi connectivity index (χ4v) is 5.33. The van der Waals surface area contributed by atoms with Gasteiger partial charge in [0, 0.05) is 37.3 Å². The van der Waals surface area contributed by atoms with Gasteiger partial charge in [0.25, 0.3) is 5.91 Å². The number of aromatic nitrogens is 2. The van der Waals surface area contributed by atoms with Crippen LogP contribution in [0.3, 0.4) is 0 Å². The summed E-state index contributed by atoms with van der Waals surface area (Å²) in [7, 11) is 1.67. The lowest BCUT2D eigenvalue weighted by molar-refractivity contribution is 0.0556. The zero-order chi connectivity index (χ0) is 20.0. The van der Waals surface area contributed by atoms with Crippen LogP contribution < -0.4 is 4.74 Å². The van der Waals surface area contributed by atoms with Crippen molar-refractivity contribution in [3.05, 3.63) is 69.9 Å². The van der Waals surface area contributed by atoms with Crippen molar-refractivity contribution in [3.63, 3.8) is 0 Å². The molecule has 29 heavy (non-hydrogen) atoms. The Bertz CT molecular complexity index is 1030. The molecule has 150 valence electrons. The smallest absolute Gasteiger partial charge is 0.271 e. The van der Waals surface area contributed by atoms with E-state index in [9.17, 15) is 4.79 Å². The lowest BCUT2D eigenvalue weighted by atomic mass is 10.0. The van der Waals surface area contributed by atoms with E-state index in [4.69, 9.17) is 4.74 Å². The van der Waals surface area contributed by atoms with Gasteiger partial charge in [-0.1, -0.05) is 12.1 Å². The first-order valence-corrected chi connectivity index (χ1v) is 10.7. The van der Waals surface area contributed by atoms with Crippen molar-refractivity contribution in [1.29, 1.82) is 0 Å². The summed E-state index contributed by atoms with van der Waals surface area (Å²) in [5.74, 6) is 0.945. The van der Waals surface area contributed by atoms with Crippen molar-refractivity contribution in [2.75, 3.05) is 20.2 Å². The number of hydrogen-bond acceptors (Lipinski definition) is 5. The van der Waals surface area contributed by atoms with Gasteiger partial charge in [0.05, 0.1) is 30.4 Å². The molecule has 2 atom stereocenters. The predicted molar refractivity (Wildman–Crippen MR) is 112 cm³/mol. The van der Waals surface area contributed by atoms with Crippen molar-refractivity contribution in [2.45, 2.75) is 32.1 Å². The Hall–Kier alpha value is -2.64. The third-order valence-electron chi connectivity index (χ3n) is 6.08. The van der Waals surface area contributed by atoms with Crippen LogP contribution in [0.25, 0.3) is 0 Å². The minimum atomic E-state index is 0.114. The Morgan fingerprint density at radius 2 is 1.93 bits per heavy atom. The van der Waals surface area contributed by atoms with Crippen LogP contribution in [0.15, 0.2) is 48.1 Å². The highest BCUT2D eigenvalue weighted by Crippen LogP contribution is 2.35. The van der Waals surface area contributed by atoms with Crippen LogP contribution in [0.1, 0.15) is 32.7 Å². The SMILES string of the molecule is COc1ccc(CN2C(=O)c3cccn3[C@@H]3CN(Cc4scnc4C)C[C@@H]32)cc1. The lowest BCUT2D eigenvalue weighted by Gasteiger charge is -2.38. The first-order valence-electron chi connectivity index (χ1n) is 9.86. The summed E-state index contributed by atoms with van der Waals surface area (Å²) in [5, 5.41) is 0. The summed E-state index contributed by atoms with van der Waals surface area (Å²) in [6, 6.07) is 12.4. The molecule has 0 saturated carbocycles. The zero-order valence-corrected chi connectivity index (χ0v) is 17.4. The highest BCUT2D eigenvalue weighted by molar-refractivity contribution is 7.09. The molecule has 7 heteroatoms. The molecule has 1 aromatic carbocycles. The van der Waals surface area contributed by atoms with Crippen LogP contribution in [-0.2, 0) is 13.1 Å². The maximum atomic E-state index is 13.3. The van der Waals surface area contributed by atoms with Crippen LogP contribution in [-0.4, -0.2) is 51.5 Å². The molecule has 2 aliphatic rings. The number of aryl methyl sites for hydroxylation is 1. The number of methoxy groups -OCH3 is 1. The third kappa shape index (κ3) is 3.24. The van der Waals surface area contributed by atoms with Gasteiger partial charge in [0.15, 0.2) is 0 Å². The van der Waals surface area contributed by atoms with Gasteiger partial charge in [-0.15, -0.1) is 11.3 Å². The Morgan fingerprint density at radius 3 is 2.66 bits per heavy atom. The molecule has 5 rings (SSSR count). The standard InChI is InChI=1S/C22H24N4O2S/c1-15-21(29-14-23-15)13-24-11-19-20(12-24)26(22(27)18-4-3-9-25(18)19)10-16-5-7-17(28-2)8-6-16/h3-9,14,19-20H,10-13H2,1-2H3/t19-,20+/m1/s1. The van der Waals surface area contributed by atoms with E-state index in [1.165, 1.54) is 4.88 Å². The van der Waals surface area contributed by atoms with E-state index in [0.29, 0.717) is 6.54 Å². The van der Waals surface area contributed by atoms with Crippen molar-refractivity contribution in [1.82, 2.24) is 19.4 Å². The molecular formula is C22H24N4O2S. The number of ether oxygens (including phenoxy) is 1. The minimum absolute atomic E-state index is 0.114. The summed E-state index contributed by atoms with van der Waals surface area (Å²) in [5.41, 5.74) is 4.93. The van der Waals surface area contributed by atoms with Crippen LogP contribution in [0.5, 0.6) is 5.75 Å². The first kappa shape index (κ1) is 18.4. The number of thiazole rings is 1. The molecule has 0 radical (unpaired) electrons. The number of hydrogen-bond donors (Lipinski definition) is 0. The van der Waals surface area contributed by atoms with E-state index in [2.05, 4.69) is 32.5 Å². The number of amides is 1. The molecule has 1 fully saturated rings. The Morgan fingerprint density at radius 1 is 1.14 bits per heavy atom. The second kappa shape index (κ2) is 7.31. The molecule has 0 bridgehead atoms. The Labute approximate surface area is 174 Å². The molecule has 1 saturated heterocycles. The summed E-state index contributed by atoms with van der Waals surface area (Å²) in [4.78, 5) is 23.5. The maximum absolute atomic E-state index is 13.3. The predicted octanol–water partition coefficient (Wildman–Crippen LogP) is 3.34. The van der Waals surface area contributed by atoms with Crippen LogP contribution in [0.4, 0.5) is 0 Å². The maximum Gasteiger partial charge on any atom is 0.271 e. The van der Waals surface area contributed by atoms with E-state index in [-0.39, 0.29) is 18.0 Å².